The second kappa shape index (κ2) is 7.81. The van der Waals surface area contributed by atoms with Crippen molar-refractivity contribution < 1.29 is 17.9 Å². The van der Waals surface area contributed by atoms with Gasteiger partial charge in [0.1, 0.15) is 0 Å². The normalized spacial score (nSPS) is 19.1. The molecule has 1 saturated carbocycles. The summed E-state index contributed by atoms with van der Waals surface area (Å²) >= 11 is 0. The number of nitrogens with one attached hydrogen (secondary N) is 1. The van der Waals surface area contributed by atoms with Crippen LogP contribution in [0.5, 0.6) is 0 Å². The van der Waals surface area contributed by atoms with Crippen molar-refractivity contribution in [1.82, 2.24) is 4.72 Å². The Hall–Kier alpha value is -0.660. The minimum absolute atomic E-state index is 0.131. The van der Waals surface area contributed by atoms with Crippen LogP contribution >= 0.6 is 0 Å². The Labute approximate surface area is 115 Å². The molecule has 0 aliphatic heterocycles. The lowest BCUT2D eigenvalue weighted by Crippen LogP contribution is -2.46. The van der Waals surface area contributed by atoms with E-state index in [1.54, 1.807) is 0 Å². The van der Waals surface area contributed by atoms with Gasteiger partial charge >= 0.3 is 5.97 Å². The molecule has 1 rings (SSSR count). The summed E-state index contributed by atoms with van der Waals surface area (Å²) in [4.78, 5) is 11.0. The van der Waals surface area contributed by atoms with E-state index in [2.05, 4.69) is 9.46 Å². The Kier molecular flexibility index (Phi) is 6.74. The third-order valence-electron chi connectivity index (χ3n) is 3.61. The van der Waals surface area contributed by atoms with Crippen molar-refractivity contribution in [3.63, 3.8) is 0 Å². The van der Waals surface area contributed by atoms with Crippen molar-refractivity contribution in [1.29, 1.82) is 0 Å². The molecule has 1 atom stereocenters. The Morgan fingerprint density at radius 1 is 1.37 bits per heavy atom. The average molecular weight is 292 g/mol. The molecule has 1 aliphatic carbocycles. The molecule has 0 aromatic carbocycles. The highest BCUT2D eigenvalue weighted by atomic mass is 32.2. The molecular weight excluding hydrogens is 268 g/mol. The number of esters is 1. The zero-order valence-corrected chi connectivity index (χ0v) is 12.2. The van der Waals surface area contributed by atoms with Gasteiger partial charge in [0, 0.05) is 12.6 Å². The average Bonchev–Trinajstić information content (AvgIpc) is 2.43. The number of carbonyl (C=O) groups is 1. The van der Waals surface area contributed by atoms with E-state index in [0.717, 1.165) is 25.7 Å². The Morgan fingerprint density at radius 3 is 2.53 bits per heavy atom. The van der Waals surface area contributed by atoms with Crippen molar-refractivity contribution in [3.8, 4) is 0 Å². The van der Waals surface area contributed by atoms with Crippen LogP contribution in [0, 0.1) is 5.92 Å². The van der Waals surface area contributed by atoms with Gasteiger partial charge in [-0.2, -0.15) is 0 Å². The fourth-order valence-corrected chi connectivity index (χ4v) is 3.79. The van der Waals surface area contributed by atoms with E-state index in [1.165, 1.54) is 13.5 Å². The van der Waals surface area contributed by atoms with Crippen LogP contribution in [0.3, 0.4) is 0 Å². The number of carbonyl (C=O) groups excluding carboxylic acids is 1. The molecule has 112 valence electrons. The Bertz CT molecular complexity index is 377. The van der Waals surface area contributed by atoms with Gasteiger partial charge < -0.3 is 10.5 Å². The maximum Gasteiger partial charge on any atom is 0.306 e. The first kappa shape index (κ1) is 16.4. The summed E-state index contributed by atoms with van der Waals surface area (Å²) < 4.78 is 30.8. The number of ether oxygens (including phenoxy) is 1. The van der Waals surface area contributed by atoms with Gasteiger partial charge in [-0.3, -0.25) is 4.79 Å². The van der Waals surface area contributed by atoms with E-state index in [4.69, 9.17) is 5.73 Å². The lowest BCUT2D eigenvalue weighted by molar-refractivity contribution is -0.140. The summed E-state index contributed by atoms with van der Waals surface area (Å²) in [5, 5.41) is 0. The van der Waals surface area contributed by atoms with E-state index in [9.17, 15) is 13.2 Å². The van der Waals surface area contributed by atoms with E-state index in [0.29, 0.717) is 12.5 Å². The Balaban J connectivity index is 2.50. The number of methoxy groups -OCH3 is 1. The molecule has 0 saturated heterocycles. The second-order valence-corrected chi connectivity index (χ2v) is 6.88. The quantitative estimate of drug-likeness (QED) is 0.661. The number of nitrogens with two attached hydrogens (primary N) is 1. The predicted molar refractivity (Wildman–Crippen MR) is 73.0 cm³/mol. The van der Waals surface area contributed by atoms with Gasteiger partial charge in [0.2, 0.25) is 10.0 Å². The van der Waals surface area contributed by atoms with Crippen LogP contribution in [0.15, 0.2) is 0 Å². The summed E-state index contributed by atoms with van der Waals surface area (Å²) in [6, 6.07) is -0.219. The fraction of sp³-hybridized carbons (Fsp3) is 0.917. The monoisotopic (exact) mass is 292 g/mol. The molecule has 0 aromatic rings. The molecule has 0 bridgehead atoms. The van der Waals surface area contributed by atoms with E-state index < -0.39 is 16.0 Å². The molecule has 0 radical (unpaired) electrons. The standard InChI is InChI=1S/C12H24N2O4S/c1-18-12(15)7-8-19(16,17)14-11(9-13)10-5-3-2-4-6-10/h10-11,14H,2-9,13H2,1H3. The lowest BCUT2D eigenvalue weighted by atomic mass is 9.84. The smallest absolute Gasteiger partial charge is 0.306 e. The van der Waals surface area contributed by atoms with Gasteiger partial charge in [-0.15, -0.1) is 0 Å². The van der Waals surface area contributed by atoms with Crippen LogP contribution in [0.1, 0.15) is 38.5 Å². The van der Waals surface area contributed by atoms with Gasteiger partial charge in [0.05, 0.1) is 19.3 Å². The van der Waals surface area contributed by atoms with Gasteiger partial charge in [-0.25, -0.2) is 13.1 Å². The molecule has 3 N–H and O–H groups in total. The molecule has 1 unspecified atom stereocenters. The number of hydrogen-bond acceptors (Lipinski definition) is 5. The summed E-state index contributed by atoms with van der Waals surface area (Å²) in [6.45, 7) is 0.294. The summed E-state index contributed by atoms with van der Waals surface area (Å²) in [7, 11) is -2.24. The largest absolute Gasteiger partial charge is 0.469 e. The third-order valence-corrected chi connectivity index (χ3v) is 5.01. The molecule has 0 heterocycles. The van der Waals surface area contributed by atoms with Crippen molar-refractivity contribution in [2.24, 2.45) is 11.7 Å². The summed E-state index contributed by atoms with van der Waals surface area (Å²) in [5.41, 5.74) is 5.67. The van der Waals surface area contributed by atoms with Gasteiger partial charge in [0.25, 0.3) is 0 Å². The molecule has 0 aromatic heterocycles. The highest BCUT2D eigenvalue weighted by Crippen LogP contribution is 2.26. The lowest BCUT2D eigenvalue weighted by Gasteiger charge is -2.29. The van der Waals surface area contributed by atoms with Crippen LogP contribution in [-0.2, 0) is 19.6 Å². The number of rotatable bonds is 7. The zero-order valence-electron chi connectivity index (χ0n) is 11.4. The number of hydrogen-bond donors (Lipinski definition) is 2. The van der Waals surface area contributed by atoms with Crippen LogP contribution in [0.4, 0.5) is 0 Å². The molecular formula is C12H24N2O4S. The van der Waals surface area contributed by atoms with Crippen LogP contribution in [0.2, 0.25) is 0 Å². The topological polar surface area (TPSA) is 98.5 Å². The molecule has 1 aliphatic rings. The molecule has 1 fully saturated rings. The maximum absolute atomic E-state index is 11.9. The van der Waals surface area contributed by atoms with Gasteiger partial charge in [-0.1, -0.05) is 19.3 Å². The van der Waals surface area contributed by atoms with Crippen molar-refractivity contribution >= 4 is 16.0 Å². The summed E-state index contributed by atoms with van der Waals surface area (Å²) in [5.74, 6) is -0.456. The predicted octanol–water partition coefficient (Wildman–Crippen LogP) is 0.377. The molecule has 6 nitrogen and oxygen atoms in total. The highest BCUT2D eigenvalue weighted by molar-refractivity contribution is 7.89. The number of sulfonamides is 1. The zero-order chi connectivity index (χ0) is 14.3. The van der Waals surface area contributed by atoms with Crippen molar-refractivity contribution in [2.45, 2.75) is 44.6 Å². The van der Waals surface area contributed by atoms with Gasteiger partial charge in [0.15, 0.2) is 0 Å². The second-order valence-electron chi connectivity index (χ2n) is 5.00. The molecule has 0 spiro atoms. The van der Waals surface area contributed by atoms with E-state index >= 15 is 0 Å². The van der Waals surface area contributed by atoms with Crippen molar-refractivity contribution in [3.05, 3.63) is 0 Å². The highest BCUT2D eigenvalue weighted by Gasteiger charge is 2.26. The first-order valence-corrected chi connectivity index (χ1v) is 8.40. The minimum Gasteiger partial charge on any atom is -0.469 e. The first-order valence-electron chi connectivity index (χ1n) is 6.75. The Morgan fingerprint density at radius 2 is 2.00 bits per heavy atom. The van der Waals surface area contributed by atoms with E-state index in [-0.39, 0.29) is 18.2 Å². The molecule has 19 heavy (non-hydrogen) atoms. The third kappa shape index (κ3) is 5.88. The van der Waals surface area contributed by atoms with Crippen LogP contribution < -0.4 is 10.5 Å². The first-order chi connectivity index (χ1) is 8.98. The summed E-state index contributed by atoms with van der Waals surface area (Å²) in [6.07, 6.45) is 5.37. The maximum atomic E-state index is 11.9. The molecule has 7 heteroatoms. The van der Waals surface area contributed by atoms with E-state index in [1.807, 2.05) is 0 Å². The minimum atomic E-state index is -3.48. The van der Waals surface area contributed by atoms with Gasteiger partial charge in [-0.05, 0) is 18.8 Å². The van der Waals surface area contributed by atoms with Crippen LogP contribution in [0.25, 0.3) is 0 Å². The molecule has 0 amide bonds. The fourth-order valence-electron chi connectivity index (χ4n) is 2.48. The SMILES string of the molecule is COC(=O)CCS(=O)(=O)NC(CN)C1CCCCC1. The van der Waals surface area contributed by atoms with Crippen molar-refractivity contribution in [2.75, 3.05) is 19.4 Å². The van der Waals surface area contributed by atoms with Crippen LogP contribution in [-0.4, -0.2) is 39.8 Å².